The van der Waals surface area contributed by atoms with E-state index in [1.54, 1.807) is 6.92 Å². The van der Waals surface area contributed by atoms with Gasteiger partial charge in [-0.15, -0.1) is 0 Å². The third-order valence-corrected chi connectivity index (χ3v) is 3.17. The van der Waals surface area contributed by atoms with Crippen LogP contribution in [-0.2, 0) is 4.79 Å². The predicted octanol–water partition coefficient (Wildman–Crippen LogP) is 0.341. The number of hydrogen-bond acceptors (Lipinski definition) is 3. The molecule has 0 bridgehead atoms. The zero-order valence-corrected chi connectivity index (χ0v) is 9.40. The van der Waals surface area contributed by atoms with Crippen LogP contribution in [0.4, 0.5) is 0 Å². The summed E-state index contributed by atoms with van der Waals surface area (Å²) >= 11 is 0. The highest BCUT2D eigenvalue weighted by molar-refractivity contribution is 5.72. The zero-order valence-electron chi connectivity index (χ0n) is 9.40. The fraction of sp³-hybridized carbons (Fsp3) is 0.900. The van der Waals surface area contributed by atoms with Crippen molar-refractivity contribution in [1.82, 2.24) is 9.80 Å². The van der Waals surface area contributed by atoms with Gasteiger partial charge >= 0.3 is 5.97 Å². The summed E-state index contributed by atoms with van der Waals surface area (Å²) < 4.78 is 0. The van der Waals surface area contributed by atoms with Crippen molar-refractivity contribution in [3.8, 4) is 0 Å². The van der Waals surface area contributed by atoms with Crippen molar-refractivity contribution in [2.24, 2.45) is 5.92 Å². The van der Waals surface area contributed by atoms with Crippen LogP contribution in [0, 0.1) is 5.92 Å². The first-order valence-corrected chi connectivity index (χ1v) is 5.06. The molecule has 4 nitrogen and oxygen atoms in total. The van der Waals surface area contributed by atoms with Gasteiger partial charge in [0, 0.05) is 19.1 Å². The second kappa shape index (κ2) is 4.28. The molecular formula is C10H20N2O2. The number of likely N-dealkylation sites (N-methyl/N-ethyl adjacent to an activating group) is 1. The van der Waals surface area contributed by atoms with E-state index in [-0.39, 0.29) is 6.04 Å². The molecule has 3 unspecified atom stereocenters. The standard InChI is InChI=1S/C10H20N2O2/c1-7-5-12(8(2)10(13)14)6-9(7)11(3)4/h7-9H,5-6H2,1-4H3,(H,13,14). The van der Waals surface area contributed by atoms with Gasteiger partial charge in [0.15, 0.2) is 0 Å². The normalized spacial score (nSPS) is 30.9. The summed E-state index contributed by atoms with van der Waals surface area (Å²) in [4.78, 5) is 15.0. The Morgan fingerprint density at radius 1 is 1.50 bits per heavy atom. The van der Waals surface area contributed by atoms with Crippen LogP contribution in [0.5, 0.6) is 0 Å². The van der Waals surface area contributed by atoms with E-state index in [0.29, 0.717) is 12.0 Å². The molecule has 1 rings (SSSR count). The molecule has 82 valence electrons. The lowest BCUT2D eigenvalue weighted by molar-refractivity contribution is -0.142. The van der Waals surface area contributed by atoms with Gasteiger partial charge in [-0.25, -0.2) is 0 Å². The fourth-order valence-corrected chi connectivity index (χ4v) is 2.13. The molecule has 1 aliphatic rings. The molecule has 0 radical (unpaired) electrons. The van der Waals surface area contributed by atoms with Gasteiger partial charge in [0.1, 0.15) is 6.04 Å². The van der Waals surface area contributed by atoms with E-state index in [4.69, 9.17) is 5.11 Å². The molecule has 0 aromatic rings. The number of aliphatic carboxylic acids is 1. The Balaban J connectivity index is 2.58. The fourth-order valence-electron chi connectivity index (χ4n) is 2.13. The molecule has 1 heterocycles. The third-order valence-electron chi connectivity index (χ3n) is 3.17. The highest BCUT2D eigenvalue weighted by atomic mass is 16.4. The minimum atomic E-state index is -0.725. The van der Waals surface area contributed by atoms with Crippen LogP contribution in [0.15, 0.2) is 0 Å². The van der Waals surface area contributed by atoms with Gasteiger partial charge in [-0.05, 0) is 26.9 Å². The lowest BCUT2D eigenvalue weighted by Gasteiger charge is -2.23. The Hall–Kier alpha value is -0.610. The number of nitrogens with zero attached hydrogens (tertiary/aromatic N) is 2. The summed E-state index contributed by atoms with van der Waals surface area (Å²) in [5.74, 6) is -0.177. The highest BCUT2D eigenvalue weighted by Gasteiger charge is 2.35. The van der Waals surface area contributed by atoms with Crippen LogP contribution in [-0.4, -0.2) is 60.1 Å². The molecular weight excluding hydrogens is 180 g/mol. The average Bonchev–Trinajstić information content (AvgIpc) is 2.45. The Morgan fingerprint density at radius 2 is 2.07 bits per heavy atom. The van der Waals surface area contributed by atoms with Crippen LogP contribution < -0.4 is 0 Å². The number of hydrogen-bond donors (Lipinski definition) is 1. The number of carbonyl (C=O) groups is 1. The van der Waals surface area contributed by atoms with E-state index in [1.807, 2.05) is 4.90 Å². The molecule has 0 aromatic heterocycles. The number of likely N-dealkylation sites (tertiary alicyclic amines) is 1. The zero-order chi connectivity index (χ0) is 10.9. The predicted molar refractivity (Wildman–Crippen MR) is 55.3 cm³/mol. The Labute approximate surface area is 85.5 Å². The van der Waals surface area contributed by atoms with E-state index in [9.17, 15) is 4.79 Å². The topological polar surface area (TPSA) is 43.8 Å². The molecule has 4 heteroatoms. The monoisotopic (exact) mass is 200 g/mol. The van der Waals surface area contributed by atoms with E-state index >= 15 is 0 Å². The molecule has 0 aromatic carbocycles. The first-order valence-electron chi connectivity index (χ1n) is 5.06. The molecule has 3 atom stereocenters. The molecule has 0 saturated carbocycles. The molecule has 1 N–H and O–H groups in total. The number of rotatable bonds is 3. The lowest BCUT2D eigenvalue weighted by Crippen LogP contribution is -2.39. The average molecular weight is 200 g/mol. The van der Waals surface area contributed by atoms with E-state index in [1.165, 1.54) is 0 Å². The second-order valence-corrected chi connectivity index (χ2v) is 4.48. The summed E-state index contributed by atoms with van der Waals surface area (Å²) in [5.41, 5.74) is 0. The smallest absolute Gasteiger partial charge is 0.320 e. The van der Waals surface area contributed by atoms with Crippen LogP contribution in [0.3, 0.4) is 0 Å². The second-order valence-electron chi connectivity index (χ2n) is 4.48. The molecule has 0 amide bonds. The Morgan fingerprint density at radius 3 is 2.43 bits per heavy atom. The van der Waals surface area contributed by atoms with Gasteiger partial charge in [-0.1, -0.05) is 6.92 Å². The van der Waals surface area contributed by atoms with Crippen LogP contribution in [0.1, 0.15) is 13.8 Å². The van der Waals surface area contributed by atoms with E-state index in [2.05, 4.69) is 25.9 Å². The first kappa shape index (κ1) is 11.5. The maximum atomic E-state index is 10.8. The summed E-state index contributed by atoms with van der Waals surface area (Å²) in [6.07, 6.45) is 0. The van der Waals surface area contributed by atoms with E-state index in [0.717, 1.165) is 13.1 Å². The molecule has 0 spiro atoms. The van der Waals surface area contributed by atoms with E-state index < -0.39 is 5.97 Å². The van der Waals surface area contributed by atoms with Gasteiger partial charge in [-0.3, -0.25) is 9.69 Å². The van der Waals surface area contributed by atoms with Gasteiger partial charge in [0.25, 0.3) is 0 Å². The molecule has 14 heavy (non-hydrogen) atoms. The van der Waals surface area contributed by atoms with Crippen LogP contribution in [0.2, 0.25) is 0 Å². The SMILES string of the molecule is CC1CN(C(C)C(=O)O)CC1N(C)C. The van der Waals surface area contributed by atoms with Crippen molar-refractivity contribution in [3.05, 3.63) is 0 Å². The molecule has 1 fully saturated rings. The summed E-state index contributed by atoms with van der Waals surface area (Å²) in [5, 5.41) is 8.90. The van der Waals surface area contributed by atoms with Gasteiger partial charge in [0.05, 0.1) is 0 Å². The Bertz CT molecular complexity index is 218. The maximum Gasteiger partial charge on any atom is 0.320 e. The van der Waals surface area contributed by atoms with Gasteiger partial charge < -0.3 is 10.0 Å². The van der Waals surface area contributed by atoms with Crippen LogP contribution in [0.25, 0.3) is 0 Å². The molecule has 1 aliphatic heterocycles. The Kier molecular flexibility index (Phi) is 3.50. The quantitative estimate of drug-likeness (QED) is 0.713. The van der Waals surface area contributed by atoms with Crippen molar-refractivity contribution in [3.63, 3.8) is 0 Å². The van der Waals surface area contributed by atoms with Crippen molar-refractivity contribution in [2.45, 2.75) is 25.9 Å². The summed E-state index contributed by atoms with van der Waals surface area (Å²) in [6, 6.07) is 0.124. The minimum absolute atomic E-state index is 0.359. The third kappa shape index (κ3) is 2.25. The van der Waals surface area contributed by atoms with Crippen molar-refractivity contribution in [1.29, 1.82) is 0 Å². The van der Waals surface area contributed by atoms with Gasteiger partial charge in [0.2, 0.25) is 0 Å². The largest absolute Gasteiger partial charge is 0.480 e. The number of carboxylic acid groups (broad SMARTS) is 1. The van der Waals surface area contributed by atoms with Crippen molar-refractivity contribution < 1.29 is 9.90 Å². The number of carboxylic acids is 1. The van der Waals surface area contributed by atoms with Crippen molar-refractivity contribution in [2.75, 3.05) is 27.2 Å². The maximum absolute atomic E-state index is 10.8. The summed E-state index contributed by atoms with van der Waals surface area (Å²) in [6.45, 7) is 5.68. The molecule has 1 saturated heterocycles. The minimum Gasteiger partial charge on any atom is -0.480 e. The van der Waals surface area contributed by atoms with Crippen molar-refractivity contribution >= 4 is 5.97 Å². The summed E-state index contributed by atoms with van der Waals surface area (Å²) in [7, 11) is 4.10. The van der Waals surface area contributed by atoms with Gasteiger partial charge in [-0.2, -0.15) is 0 Å². The van der Waals surface area contributed by atoms with Crippen LogP contribution >= 0.6 is 0 Å². The highest BCUT2D eigenvalue weighted by Crippen LogP contribution is 2.21. The first-order chi connectivity index (χ1) is 6.43. The lowest BCUT2D eigenvalue weighted by atomic mass is 10.1. The molecule has 0 aliphatic carbocycles.